The van der Waals surface area contributed by atoms with E-state index in [1.54, 1.807) is 11.3 Å². The van der Waals surface area contributed by atoms with E-state index in [1.807, 2.05) is 29.2 Å². The van der Waals surface area contributed by atoms with Crippen molar-refractivity contribution in [1.29, 1.82) is 0 Å². The lowest BCUT2D eigenvalue weighted by molar-refractivity contribution is -0.128. The summed E-state index contributed by atoms with van der Waals surface area (Å²) in [7, 11) is 0. The van der Waals surface area contributed by atoms with Gasteiger partial charge in [-0.1, -0.05) is 31.0 Å². The molecule has 1 aromatic heterocycles. The van der Waals surface area contributed by atoms with E-state index < -0.39 is 5.54 Å². The van der Waals surface area contributed by atoms with Gasteiger partial charge in [0.2, 0.25) is 5.91 Å². The summed E-state index contributed by atoms with van der Waals surface area (Å²) in [5, 5.41) is 5.16. The molecule has 1 aliphatic carbocycles. The Morgan fingerprint density at radius 3 is 2.75 bits per heavy atom. The molecule has 3 heterocycles. The zero-order valence-corrected chi connectivity index (χ0v) is 16.7. The first kappa shape index (κ1) is 17.9. The second-order valence-electron chi connectivity index (χ2n) is 8.08. The monoisotopic (exact) mass is 395 g/mol. The second kappa shape index (κ2) is 7.01. The van der Waals surface area contributed by atoms with Crippen LogP contribution < -0.4 is 10.2 Å². The first-order valence-electron chi connectivity index (χ1n) is 10.2. The highest BCUT2D eigenvalue weighted by Gasteiger charge is 2.52. The van der Waals surface area contributed by atoms with E-state index in [4.69, 9.17) is 0 Å². The van der Waals surface area contributed by atoms with Gasteiger partial charge in [-0.25, -0.2) is 0 Å². The summed E-state index contributed by atoms with van der Waals surface area (Å²) in [6.45, 7) is 1.30. The van der Waals surface area contributed by atoms with Crippen molar-refractivity contribution in [2.75, 3.05) is 23.3 Å². The third kappa shape index (κ3) is 2.78. The van der Waals surface area contributed by atoms with Crippen LogP contribution in [0.2, 0.25) is 0 Å². The largest absolute Gasteiger partial charge is 0.322 e. The van der Waals surface area contributed by atoms with E-state index in [1.165, 1.54) is 4.88 Å². The van der Waals surface area contributed by atoms with Gasteiger partial charge in [0.05, 0.1) is 17.9 Å². The molecule has 1 aromatic carbocycles. The Morgan fingerprint density at radius 1 is 1.14 bits per heavy atom. The highest BCUT2D eigenvalue weighted by atomic mass is 32.1. The Balaban J connectivity index is 1.47. The number of hydrogen-bond acceptors (Lipinski definition) is 4. The van der Waals surface area contributed by atoms with E-state index >= 15 is 0 Å². The van der Waals surface area contributed by atoms with Gasteiger partial charge in [-0.15, -0.1) is 11.3 Å². The van der Waals surface area contributed by atoms with Gasteiger partial charge in [0.15, 0.2) is 0 Å². The summed E-state index contributed by atoms with van der Waals surface area (Å²) in [5.41, 5.74) is 0.874. The maximum Gasteiger partial charge on any atom is 0.250 e. The molecule has 3 aliphatic rings. The number of thiophene rings is 1. The molecule has 5 nitrogen and oxygen atoms in total. The molecule has 2 aliphatic heterocycles. The van der Waals surface area contributed by atoms with Crippen molar-refractivity contribution in [3.05, 3.63) is 46.7 Å². The van der Waals surface area contributed by atoms with Crippen molar-refractivity contribution in [2.24, 2.45) is 0 Å². The lowest BCUT2D eigenvalue weighted by atomic mass is 9.89. The van der Waals surface area contributed by atoms with Gasteiger partial charge < -0.3 is 5.32 Å². The van der Waals surface area contributed by atoms with Crippen LogP contribution in [0.3, 0.4) is 0 Å². The number of hydrogen-bond donors (Lipinski definition) is 1. The van der Waals surface area contributed by atoms with Crippen LogP contribution in [0.1, 0.15) is 49.4 Å². The van der Waals surface area contributed by atoms with Crippen LogP contribution in [-0.4, -0.2) is 35.3 Å². The number of para-hydroxylation sites is 2. The Hall–Kier alpha value is -2.18. The summed E-state index contributed by atoms with van der Waals surface area (Å²) >= 11 is 1.76. The molecule has 0 bridgehead atoms. The summed E-state index contributed by atoms with van der Waals surface area (Å²) < 4.78 is 0. The van der Waals surface area contributed by atoms with Crippen LogP contribution in [0.25, 0.3) is 0 Å². The topological polar surface area (TPSA) is 52.7 Å². The smallest absolute Gasteiger partial charge is 0.250 e. The number of benzene rings is 1. The van der Waals surface area contributed by atoms with Gasteiger partial charge in [0, 0.05) is 10.9 Å². The molecule has 6 heteroatoms. The number of anilines is 2. The molecule has 0 radical (unpaired) electrons. The third-order valence-electron chi connectivity index (χ3n) is 6.50. The van der Waals surface area contributed by atoms with Gasteiger partial charge in [-0.2, -0.15) is 0 Å². The van der Waals surface area contributed by atoms with Crippen LogP contribution in [0.15, 0.2) is 41.8 Å². The van der Waals surface area contributed by atoms with Crippen molar-refractivity contribution < 1.29 is 9.59 Å². The quantitative estimate of drug-likeness (QED) is 0.848. The van der Waals surface area contributed by atoms with Crippen molar-refractivity contribution in [3.8, 4) is 0 Å². The minimum atomic E-state index is -0.719. The molecular weight excluding hydrogens is 370 g/mol. The number of nitrogens with zero attached hydrogens (tertiary/aromatic N) is 2. The van der Waals surface area contributed by atoms with Crippen LogP contribution in [-0.2, 0) is 9.59 Å². The number of carbonyl (C=O) groups excluding carboxylic acids is 2. The Labute approximate surface area is 169 Å². The van der Waals surface area contributed by atoms with E-state index in [2.05, 4.69) is 27.7 Å². The summed E-state index contributed by atoms with van der Waals surface area (Å²) in [6, 6.07) is 12.3. The molecule has 1 saturated heterocycles. The van der Waals surface area contributed by atoms with Crippen LogP contribution in [0.5, 0.6) is 0 Å². The van der Waals surface area contributed by atoms with Crippen molar-refractivity contribution in [1.82, 2.24) is 4.90 Å². The fourth-order valence-corrected chi connectivity index (χ4v) is 6.09. The summed E-state index contributed by atoms with van der Waals surface area (Å²) in [6.07, 6.45) is 5.66. The standard InChI is InChI=1S/C22H25N3O2S/c26-20(15-24-13-5-9-18(24)19-10-6-14-28-19)25-17-8-2-1-7-16(17)23-21(27)22(25)11-3-4-12-22/h1-2,6-8,10,14,18H,3-5,9,11-13,15H2,(H,23,27)/t18-/m1/s1. The van der Waals surface area contributed by atoms with E-state index in [0.717, 1.165) is 56.4 Å². The maximum absolute atomic E-state index is 13.6. The molecular formula is C22H25N3O2S. The molecule has 2 aromatic rings. The number of likely N-dealkylation sites (tertiary alicyclic amines) is 1. The number of carbonyl (C=O) groups is 2. The minimum absolute atomic E-state index is 0.0201. The molecule has 1 spiro atoms. The predicted octanol–water partition coefficient (Wildman–Crippen LogP) is 4.18. The normalized spacial score (nSPS) is 23.8. The lowest BCUT2D eigenvalue weighted by Crippen LogP contribution is -2.62. The summed E-state index contributed by atoms with van der Waals surface area (Å²) in [4.78, 5) is 32.2. The van der Waals surface area contributed by atoms with E-state index in [0.29, 0.717) is 12.6 Å². The molecule has 0 unspecified atom stereocenters. The lowest BCUT2D eigenvalue weighted by Gasteiger charge is -2.45. The SMILES string of the molecule is O=C(CN1CCC[C@@H]1c1cccs1)N1c2ccccc2NC(=O)C12CCCC2. The van der Waals surface area contributed by atoms with Crippen molar-refractivity contribution in [3.63, 3.8) is 0 Å². The third-order valence-corrected chi connectivity index (χ3v) is 7.47. The number of nitrogens with one attached hydrogen (secondary N) is 1. The van der Waals surface area contributed by atoms with Gasteiger partial charge in [-0.3, -0.25) is 19.4 Å². The average Bonchev–Trinajstić information content (AvgIpc) is 3.44. The number of rotatable bonds is 3. The predicted molar refractivity (Wildman–Crippen MR) is 112 cm³/mol. The zero-order chi connectivity index (χ0) is 19.1. The molecule has 5 rings (SSSR count). The average molecular weight is 396 g/mol. The highest BCUT2D eigenvalue weighted by Crippen LogP contribution is 2.45. The fraction of sp³-hybridized carbons (Fsp3) is 0.455. The molecule has 2 amide bonds. The summed E-state index contributed by atoms with van der Waals surface area (Å²) in [5.74, 6) is 0.0286. The van der Waals surface area contributed by atoms with Gasteiger partial charge >= 0.3 is 0 Å². The number of fused-ring (bicyclic) bond motifs is 1. The first-order chi connectivity index (χ1) is 13.7. The van der Waals surface area contributed by atoms with E-state index in [-0.39, 0.29) is 11.8 Å². The zero-order valence-electron chi connectivity index (χ0n) is 15.9. The Bertz CT molecular complexity index is 889. The van der Waals surface area contributed by atoms with E-state index in [9.17, 15) is 9.59 Å². The Morgan fingerprint density at radius 2 is 1.96 bits per heavy atom. The Kier molecular flexibility index (Phi) is 4.48. The molecule has 1 atom stereocenters. The molecule has 28 heavy (non-hydrogen) atoms. The molecule has 1 N–H and O–H groups in total. The molecule has 146 valence electrons. The van der Waals surface area contributed by atoms with Gasteiger partial charge in [0.25, 0.3) is 5.91 Å². The van der Waals surface area contributed by atoms with Gasteiger partial charge in [-0.05, 0) is 55.8 Å². The van der Waals surface area contributed by atoms with Crippen LogP contribution in [0.4, 0.5) is 11.4 Å². The van der Waals surface area contributed by atoms with Crippen LogP contribution in [0, 0.1) is 0 Å². The highest BCUT2D eigenvalue weighted by molar-refractivity contribution is 7.10. The minimum Gasteiger partial charge on any atom is -0.322 e. The first-order valence-corrected chi connectivity index (χ1v) is 11.1. The van der Waals surface area contributed by atoms with Crippen molar-refractivity contribution in [2.45, 2.75) is 50.1 Å². The molecule has 2 fully saturated rings. The van der Waals surface area contributed by atoms with Crippen LogP contribution >= 0.6 is 11.3 Å². The van der Waals surface area contributed by atoms with Crippen molar-refractivity contribution >= 4 is 34.5 Å². The second-order valence-corrected chi connectivity index (χ2v) is 9.06. The number of amides is 2. The van der Waals surface area contributed by atoms with Gasteiger partial charge in [0.1, 0.15) is 5.54 Å². The fourth-order valence-electron chi connectivity index (χ4n) is 5.19. The maximum atomic E-state index is 13.6. The molecule has 1 saturated carbocycles.